The van der Waals surface area contributed by atoms with E-state index in [0.29, 0.717) is 17.8 Å². The quantitative estimate of drug-likeness (QED) is 0.928. The van der Waals surface area contributed by atoms with Crippen LogP contribution >= 0.6 is 0 Å². The number of hydrogen-bond acceptors (Lipinski definition) is 4. The first-order valence-electron chi connectivity index (χ1n) is 9.27. The summed E-state index contributed by atoms with van der Waals surface area (Å²) in [5, 5.41) is 11.6. The molecule has 4 rings (SSSR count). The first kappa shape index (κ1) is 16.1. The molecule has 1 aliphatic carbocycles. The fourth-order valence-corrected chi connectivity index (χ4v) is 3.99. The van der Waals surface area contributed by atoms with Gasteiger partial charge in [-0.25, -0.2) is 0 Å². The minimum absolute atomic E-state index is 0.105. The highest BCUT2D eigenvalue weighted by molar-refractivity contribution is 5.92. The molecule has 130 valence electrons. The van der Waals surface area contributed by atoms with Crippen molar-refractivity contribution in [3.63, 3.8) is 0 Å². The molecule has 0 bridgehead atoms. The summed E-state index contributed by atoms with van der Waals surface area (Å²) in [7, 11) is 0. The Balaban J connectivity index is 1.46. The number of nitrogens with zero attached hydrogens (tertiary/aromatic N) is 3. The van der Waals surface area contributed by atoms with Gasteiger partial charge in [-0.1, -0.05) is 43.2 Å². The number of aromatic nitrogens is 2. The van der Waals surface area contributed by atoms with Gasteiger partial charge in [-0.15, -0.1) is 10.2 Å². The summed E-state index contributed by atoms with van der Waals surface area (Å²) in [6.45, 7) is 0.974. The molecule has 5 nitrogen and oxygen atoms in total. The van der Waals surface area contributed by atoms with E-state index in [1.165, 1.54) is 18.4 Å². The maximum Gasteiger partial charge on any atom is 0.272 e. The number of benzene rings is 1. The molecule has 2 fully saturated rings. The van der Waals surface area contributed by atoms with Crippen LogP contribution in [0.15, 0.2) is 42.5 Å². The predicted octanol–water partition coefficient (Wildman–Crippen LogP) is 3.49. The first-order chi connectivity index (χ1) is 12.3. The first-order valence-corrected chi connectivity index (χ1v) is 9.27. The molecule has 5 heteroatoms. The van der Waals surface area contributed by atoms with E-state index in [-0.39, 0.29) is 5.91 Å². The lowest BCUT2D eigenvalue weighted by Crippen LogP contribution is -2.33. The molecule has 1 aromatic carbocycles. The Hall–Kier alpha value is -2.43. The summed E-state index contributed by atoms with van der Waals surface area (Å²) in [5.41, 5.74) is 1.72. The minimum Gasteiger partial charge on any atom is -0.348 e. The standard InChI is InChI=1S/C20H24N4O/c25-20(21-16-9-4-5-10-16)17-12-13-19(23-22-17)24-14-6-11-18(24)15-7-2-1-3-8-15/h1-3,7-8,12-13,16,18H,4-6,9-11,14H2,(H,21,25). The Morgan fingerprint density at radius 3 is 2.48 bits per heavy atom. The van der Waals surface area contributed by atoms with Gasteiger partial charge in [0.05, 0.1) is 6.04 Å². The van der Waals surface area contributed by atoms with Crippen LogP contribution in [0.25, 0.3) is 0 Å². The van der Waals surface area contributed by atoms with E-state index in [1.54, 1.807) is 6.07 Å². The molecule has 1 unspecified atom stereocenters. The van der Waals surface area contributed by atoms with Gasteiger partial charge in [-0.2, -0.15) is 0 Å². The van der Waals surface area contributed by atoms with Gasteiger partial charge >= 0.3 is 0 Å². The van der Waals surface area contributed by atoms with Gasteiger partial charge in [-0.05, 0) is 43.4 Å². The highest BCUT2D eigenvalue weighted by Gasteiger charge is 2.27. The molecule has 1 saturated heterocycles. The van der Waals surface area contributed by atoms with Crippen molar-refractivity contribution in [1.82, 2.24) is 15.5 Å². The van der Waals surface area contributed by atoms with E-state index in [4.69, 9.17) is 0 Å². The summed E-state index contributed by atoms with van der Waals surface area (Å²) in [6, 6.07) is 14.9. The summed E-state index contributed by atoms with van der Waals surface area (Å²) in [5.74, 6) is 0.746. The number of carbonyl (C=O) groups is 1. The van der Waals surface area contributed by atoms with Crippen molar-refractivity contribution < 1.29 is 4.79 Å². The van der Waals surface area contributed by atoms with Gasteiger partial charge in [0.25, 0.3) is 5.91 Å². The van der Waals surface area contributed by atoms with Gasteiger partial charge in [0.15, 0.2) is 11.5 Å². The normalized spacial score (nSPS) is 20.8. The lowest BCUT2D eigenvalue weighted by Gasteiger charge is -2.25. The molecule has 25 heavy (non-hydrogen) atoms. The Morgan fingerprint density at radius 1 is 0.960 bits per heavy atom. The van der Waals surface area contributed by atoms with Gasteiger partial charge in [0.2, 0.25) is 0 Å². The van der Waals surface area contributed by atoms with Crippen LogP contribution in [0.4, 0.5) is 5.82 Å². The maximum absolute atomic E-state index is 12.3. The van der Waals surface area contributed by atoms with Crippen LogP contribution in [0.3, 0.4) is 0 Å². The van der Waals surface area contributed by atoms with Crippen molar-refractivity contribution in [1.29, 1.82) is 0 Å². The SMILES string of the molecule is O=C(NC1CCCC1)c1ccc(N2CCCC2c2ccccc2)nn1. The monoisotopic (exact) mass is 336 g/mol. The van der Waals surface area contributed by atoms with E-state index in [2.05, 4.69) is 44.7 Å². The van der Waals surface area contributed by atoms with Crippen LogP contribution in [0.5, 0.6) is 0 Å². The van der Waals surface area contributed by atoms with Crippen LogP contribution in [0.2, 0.25) is 0 Å². The van der Waals surface area contributed by atoms with Gasteiger partial charge in [0.1, 0.15) is 0 Å². The molecule has 1 N–H and O–H groups in total. The third-order valence-electron chi connectivity index (χ3n) is 5.30. The fraction of sp³-hybridized carbons (Fsp3) is 0.450. The molecular weight excluding hydrogens is 312 g/mol. The van der Waals surface area contributed by atoms with E-state index >= 15 is 0 Å². The number of amides is 1. The summed E-state index contributed by atoms with van der Waals surface area (Å²) < 4.78 is 0. The Morgan fingerprint density at radius 2 is 1.76 bits per heavy atom. The van der Waals surface area contributed by atoms with Crippen molar-refractivity contribution in [3.05, 3.63) is 53.7 Å². The second kappa shape index (κ2) is 7.21. The van der Waals surface area contributed by atoms with Crippen molar-refractivity contribution in [2.24, 2.45) is 0 Å². The van der Waals surface area contributed by atoms with Crippen molar-refractivity contribution in [2.75, 3.05) is 11.4 Å². The number of rotatable bonds is 4. The van der Waals surface area contributed by atoms with Crippen LogP contribution in [-0.4, -0.2) is 28.7 Å². The number of hydrogen-bond donors (Lipinski definition) is 1. The van der Waals surface area contributed by atoms with Crippen molar-refractivity contribution >= 4 is 11.7 Å². The van der Waals surface area contributed by atoms with E-state index in [0.717, 1.165) is 38.0 Å². The number of nitrogens with one attached hydrogen (secondary N) is 1. The Bertz CT molecular complexity index is 710. The van der Waals surface area contributed by atoms with Gasteiger partial charge in [0, 0.05) is 12.6 Å². The highest BCUT2D eigenvalue weighted by atomic mass is 16.2. The second-order valence-corrected chi connectivity index (χ2v) is 6.99. The highest BCUT2D eigenvalue weighted by Crippen LogP contribution is 2.34. The summed E-state index contributed by atoms with van der Waals surface area (Å²) >= 11 is 0. The molecule has 1 saturated carbocycles. The molecular formula is C20H24N4O. The maximum atomic E-state index is 12.3. The molecule has 1 aromatic heterocycles. The Kier molecular flexibility index (Phi) is 4.63. The largest absolute Gasteiger partial charge is 0.348 e. The smallest absolute Gasteiger partial charge is 0.272 e. The molecule has 2 heterocycles. The van der Waals surface area contributed by atoms with E-state index in [9.17, 15) is 4.79 Å². The summed E-state index contributed by atoms with van der Waals surface area (Å²) in [6.07, 6.45) is 6.81. The van der Waals surface area contributed by atoms with Crippen LogP contribution in [-0.2, 0) is 0 Å². The lowest BCUT2D eigenvalue weighted by molar-refractivity contribution is 0.0932. The molecule has 1 atom stereocenters. The minimum atomic E-state index is -0.105. The van der Waals surface area contributed by atoms with Gasteiger partial charge in [-0.3, -0.25) is 4.79 Å². The third-order valence-corrected chi connectivity index (χ3v) is 5.30. The average molecular weight is 336 g/mol. The fourth-order valence-electron chi connectivity index (χ4n) is 3.99. The predicted molar refractivity (Wildman–Crippen MR) is 97.5 cm³/mol. The zero-order valence-electron chi connectivity index (χ0n) is 14.4. The zero-order chi connectivity index (χ0) is 17.1. The molecule has 1 amide bonds. The van der Waals surface area contributed by atoms with Crippen LogP contribution in [0, 0.1) is 0 Å². The van der Waals surface area contributed by atoms with Gasteiger partial charge < -0.3 is 10.2 Å². The third kappa shape index (κ3) is 3.50. The molecule has 0 spiro atoms. The van der Waals surface area contributed by atoms with Crippen molar-refractivity contribution in [2.45, 2.75) is 50.6 Å². The molecule has 0 radical (unpaired) electrons. The molecule has 2 aromatic rings. The molecule has 2 aliphatic rings. The molecule has 1 aliphatic heterocycles. The Labute approximate surface area is 148 Å². The van der Waals surface area contributed by atoms with Crippen LogP contribution in [0.1, 0.15) is 60.6 Å². The number of carbonyl (C=O) groups excluding carboxylic acids is 1. The topological polar surface area (TPSA) is 58.1 Å². The van der Waals surface area contributed by atoms with Crippen molar-refractivity contribution in [3.8, 4) is 0 Å². The van der Waals surface area contributed by atoms with Crippen LogP contribution < -0.4 is 10.2 Å². The van der Waals surface area contributed by atoms with E-state index in [1.807, 2.05) is 12.1 Å². The zero-order valence-corrected chi connectivity index (χ0v) is 14.4. The van der Waals surface area contributed by atoms with E-state index < -0.39 is 0 Å². The summed E-state index contributed by atoms with van der Waals surface area (Å²) in [4.78, 5) is 14.6. The second-order valence-electron chi connectivity index (χ2n) is 6.99. The average Bonchev–Trinajstić information content (AvgIpc) is 3.34. The number of anilines is 1. The lowest BCUT2D eigenvalue weighted by atomic mass is 10.0.